The molecule has 0 saturated carbocycles. The van der Waals surface area contributed by atoms with E-state index in [4.69, 9.17) is 18.0 Å². The van der Waals surface area contributed by atoms with Crippen LogP contribution < -0.4 is 5.73 Å². The Morgan fingerprint density at radius 1 is 1.55 bits per heavy atom. The number of hydrogen-bond donors (Lipinski definition) is 2. The molecule has 1 rings (SSSR count). The summed E-state index contributed by atoms with van der Waals surface area (Å²) in [4.78, 5) is 10.6. The van der Waals surface area contributed by atoms with E-state index in [2.05, 4.69) is 21.9 Å². The molecule has 0 unspecified atom stereocenters. The summed E-state index contributed by atoms with van der Waals surface area (Å²) in [7, 11) is 0. The smallest absolute Gasteiger partial charge is 0.224 e. The average molecular weight is 170 g/mol. The van der Waals surface area contributed by atoms with Crippen LogP contribution in [0.5, 0.6) is 0 Å². The number of nitrogen functional groups attached to an aromatic ring is 1. The van der Waals surface area contributed by atoms with Crippen molar-refractivity contribution >= 4 is 18.2 Å². The minimum absolute atomic E-state index is 0.310. The van der Waals surface area contributed by atoms with Crippen LogP contribution >= 0.6 is 12.2 Å². The van der Waals surface area contributed by atoms with Gasteiger partial charge in [-0.1, -0.05) is 6.92 Å². The van der Waals surface area contributed by atoms with Gasteiger partial charge in [0.2, 0.25) is 10.7 Å². The summed E-state index contributed by atoms with van der Waals surface area (Å²) in [5, 5.41) is 0. The molecule has 0 aliphatic heterocycles. The molecule has 1 aromatic heterocycles. The van der Waals surface area contributed by atoms with Gasteiger partial charge in [-0.15, -0.1) is 0 Å². The first-order chi connectivity index (χ1) is 5.22. The van der Waals surface area contributed by atoms with Gasteiger partial charge in [-0.3, -0.25) is 0 Å². The Morgan fingerprint density at radius 3 is 2.82 bits per heavy atom. The molecule has 0 bridgehead atoms. The minimum Gasteiger partial charge on any atom is -0.369 e. The number of H-pyrrole nitrogens is 1. The van der Waals surface area contributed by atoms with Crippen LogP contribution in [0.1, 0.15) is 19.2 Å². The molecule has 0 amide bonds. The van der Waals surface area contributed by atoms with Crippen LogP contribution in [0.25, 0.3) is 0 Å². The highest BCUT2D eigenvalue weighted by atomic mass is 32.1. The van der Waals surface area contributed by atoms with Gasteiger partial charge in [-0.2, -0.15) is 4.98 Å². The van der Waals surface area contributed by atoms with Crippen molar-refractivity contribution in [2.75, 3.05) is 5.73 Å². The second-order valence-corrected chi connectivity index (χ2v) is 2.58. The van der Waals surface area contributed by atoms with Gasteiger partial charge in [-0.05, 0) is 18.6 Å². The summed E-state index contributed by atoms with van der Waals surface area (Å²) in [5.74, 6) is 1.15. The van der Waals surface area contributed by atoms with Crippen LogP contribution in [0, 0.1) is 4.77 Å². The Kier molecular flexibility index (Phi) is 2.53. The molecule has 5 heteroatoms. The predicted molar refractivity (Wildman–Crippen MR) is 45.6 cm³/mol. The zero-order chi connectivity index (χ0) is 8.27. The molecule has 0 radical (unpaired) electrons. The Balaban J connectivity index is 2.99. The number of aromatic nitrogens is 3. The van der Waals surface area contributed by atoms with Gasteiger partial charge in [0.15, 0.2) is 0 Å². The summed E-state index contributed by atoms with van der Waals surface area (Å²) in [6.45, 7) is 2.06. The lowest BCUT2D eigenvalue weighted by atomic mass is 10.3. The molecular weight excluding hydrogens is 160 g/mol. The lowest BCUT2D eigenvalue weighted by Gasteiger charge is -1.97. The number of nitrogens with zero attached hydrogens (tertiary/aromatic N) is 2. The molecule has 3 N–H and O–H groups in total. The van der Waals surface area contributed by atoms with Crippen LogP contribution in [0.15, 0.2) is 0 Å². The van der Waals surface area contributed by atoms with Crippen LogP contribution in [-0.4, -0.2) is 15.0 Å². The Hall–Kier alpha value is -0.970. The van der Waals surface area contributed by atoms with Gasteiger partial charge in [0.25, 0.3) is 0 Å². The molecule has 1 aromatic rings. The third-order valence-corrected chi connectivity index (χ3v) is 1.39. The highest BCUT2D eigenvalue weighted by molar-refractivity contribution is 7.71. The molecule has 1 heterocycles. The molecule has 0 saturated heterocycles. The van der Waals surface area contributed by atoms with E-state index >= 15 is 0 Å². The normalized spacial score (nSPS) is 9.91. The number of nitrogens with two attached hydrogens (primary N) is 1. The second-order valence-electron chi connectivity index (χ2n) is 2.21. The quantitative estimate of drug-likeness (QED) is 0.651. The Morgan fingerprint density at radius 2 is 2.27 bits per heavy atom. The van der Waals surface area contributed by atoms with Crippen LogP contribution in [0.2, 0.25) is 0 Å². The Bertz CT molecular complexity index is 293. The summed E-state index contributed by atoms with van der Waals surface area (Å²) in [6.07, 6.45) is 1.87. The molecule has 0 aliphatic carbocycles. The molecule has 0 atom stereocenters. The molecule has 0 aliphatic rings. The van der Waals surface area contributed by atoms with Gasteiger partial charge >= 0.3 is 0 Å². The van der Waals surface area contributed by atoms with E-state index < -0.39 is 0 Å². The molecule has 60 valence electrons. The fraction of sp³-hybridized carbons (Fsp3) is 0.500. The average Bonchev–Trinajstić information content (AvgIpc) is 1.85. The van der Waals surface area contributed by atoms with Crippen LogP contribution in [0.3, 0.4) is 0 Å². The van der Waals surface area contributed by atoms with E-state index in [9.17, 15) is 0 Å². The first-order valence-electron chi connectivity index (χ1n) is 3.45. The largest absolute Gasteiger partial charge is 0.369 e. The maximum Gasteiger partial charge on any atom is 0.224 e. The number of anilines is 1. The van der Waals surface area contributed by atoms with Gasteiger partial charge in [-0.25, -0.2) is 4.98 Å². The van der Waals surface area contributed by atoms with E-state index in [1.165, 1.54) is 0 Å². The third-order valence-electron chi connectivity index (χ3n) is 1.21. The highest BCUT2D eigenvalue weighted by Gasteiger charge is 1.94. The van der Waals surface area contributed by atoms with E-state index in [0.717, 1.165) is 18.7 Å². The SMILES string of the molecule is CCCc1nc(=S)nc(N)[nH]1. The zero-order valence-electron chi connectivity index (χ0n) is 6.29. The van der Waals surface area contributed by atoms with Crippen molar-refractivity contribution < 1.29 is 0 Å². The molecule has 0 aromatic carbocycles. The van der Waals surface area contributed by atoms with Crippen molar-refractivity contribution in [2.24, 2.45) is 0 Å². The molecular formula is C6H10N4S. The summed E-state index contributed by atoms with van der Waals surface area (Å²) < 4.78 is 0.310. The van der Waals surface area contributed by atoms with Crippen molar-refractivity contribution in [1.82, 2.24) is 15.0 Å². The van der Waals surface area contributed by atoms with E-state index in [1.807, 2.05) is 0 Å². The monoisotopic (exact) mass is 170 g/mol. The first-order valence-corrected chi connectivity index (χ1v) is 3.86. The lowest BCUT2D eigenvalue weighted by molar-refractivity contribution is 0.815. The van der Waals surface area contributed by atoms with Crippen molar-refractivity contribution in [2.45, 2.75) is 19.8 Å². The Labute approximate surface area is 69.9 Å². The number of hydrogen-bond acceptors (Lipinski definition) is 4. The number of aryl methyl sites for hydroxylation is 1. The standard InChI is InChI=1S/C6H10N4S/c1-2-3-4-8-5(7)10-6(11)9-4/h2-3H2,1H3,(H3,7,8,9,10,11). The number of aromatic amines is 1. The van der Waals surface area contributed by atoms with Gasteiger partial charge in [0, 0.05) is 6.42 Å². The van der Waals surface area contributed by atoms with E-state index in [-0.39, 0.29) is 0 Å². The maximum atomic E-state index is 5.42. The fourth-order valence-electron chi connectivity index (χ4n) is 0.802. The minimum atomic E-state index is 0.310. The fourth-order valence-corrected chi connectivity index (χ4v) is 1.01. The van der Waals surface area contributed by atoms with Gasteiger partial charge < -0.3 is 10.7 Å². The molecule has 0 fully saturated rings. The van der Waals surface area contributed by atoms with Crippen molar-refractivity contribution in [3.63, 3.8) is 0 Å². The topological polar surface area (TPSA) is 67.6 Å². The summed E-state index contributed by atoms with van der Waals surface area (Å²) in [5.41, 5.74) is 5.42. The number of rotatable bonds is 2. The summed E-state index contributed by atoms with van der Waals surface area (Å²) >= 11 is 4.78. The third kappa shape index (κ3) is 2.27. The van der Waals surface area contributed by atoms with Crippen LogP contribution in [-0.2, 0) is 6.42 Å². The van der Waals surface area contributed by atoms with E-state index in [0.29, 0.717) is 10.7 Å². The maximum absolute atomic E-state index is 5.42. The molecule has 0 spiro atoms. The van der Waals surface area contributed by atoms with Gasteiger partial charge in [0.1, 0.15) is 5.82 Å². The number of nitrogens with one attached hydrogen (secondary N) is 1. The van der Waals surface area contributed by atoms with Gasteiger partial charge in [0.05, 0.1) is 0 Å². The van der Waals surface area contributed by atoms with E-state index in [1.54, 1.807) is 0 Å². The van der Waals surface area contributed by atoms with Crippen molar-refractivity contribution in [3.8, 4) is 0 Å². The molecule has 4 nitrogen and oxygen atoms in total. The second kappa shape index (κ2) is 3.43. The van der Waals surface area contributed by atoms with Crippen molar-refractivity contribution in [1.29, 1.82) is 0 Å². The van der Waals surface area contributed by atoms with Crippen molar-refractivity contribution in [3.05, 3.63) is 10.6 Å². The zero-order valence-corrected chi connectivity index (χ0v) is 7.11. The predicted octanol–water partition coefficient (Wildman–Crippen LogP) is 1.07. The first kappa shape index (κ1) is 8.13. The molecule has 11 heavy (non-hydrogen) atoms. The highest BCUT2D eigenvalue weighted by Crippen LogP contribution is 1.96. The van der Waals surface area contributed by atoms with Crippen LogP contribution in [0.4, 0.5) is 5.95 Å². The lowest BCUT2D eigenvalue weighted by Crippen LogP contribution is -2.02. The summed E-state index contributed by atoms with van der Waals surface area (Å²) in [6, 6.07) is 0.